The number of hydrogen-bond acceptors (Lipinski definition) is 2. The molecule has 0 saturated carbocycles. The van der Waals surface area contributed by atoms with E-state index in [2.05, 4.69) is 25.1 Å². The number of halogens is 1. The van der Waals surface area contributed by atoms with Crippen LogP contribution in [0.3, 0.4) is 0 Å². The molecule has 2 aromatic rings. The minimum Gasteiger partial charge on any atom is -0.490 e. The maximum Gasteiger partial charge on any atom is 0.123 e. The molecule has 2 nitrogen and oxygen atoms in total. The Hall–Kier alpha value is -1.51. The van der Waals surface area contributed by atoms with Gasteiger partial charge in [0, 0.05) is 23.9 Å². The number of nitrogens with two attached hydrogens (primary N) is 1. The fourth-order valence-corrected chi connectivity index (χ4v) is 3.16. The summed E-state index contributed by atoms with van der Waals surface area (Å²) in [5, 5.41) is 0.791. The molecule has 2 N–H and O–H groups in total. The molecule has 0 aliphatic carbocycles. The average molecular weight is 302 g/mol. The first-order valence-electron chi connectivity index (χ1n) is 7.37. The van der Waals surface area contributed by atoms with Gasteiger partial charge in [0.25, 0.3) is 0 Å². The third-order valence-corrected chi connectivity index (χ3v) is 4.33. The average Bonchev–Trinajstić information content (AvgIpc) is 2.82. The molecule has 3 rings (SSSR count). The van der Waals surface area contributed by atoms with Crippen LogP contribution >= 0.6 is 11.6 Å². The predicted octanol–water partition coefficient (Wildman–Crippen LogP) is 3.91. The lowest BCUT2D eigenvalue weighted by Gasteiger charge is -2.17. The third-order valence-electron chi connectivity index (χ3n) is 3.96. The van der Waals surface area contributed by atoms with E-state index in [1.165, 1.54) is 11.1 Å². The topological polar surface area (TPSA) is 35.2 Å². The Morgan fingerprint density at radius 3 is 2.90 bits per heavy atom. The van der Waals surface area contributed by atoms with E-state index in [9.17, 15) is 0 Å². The first-order valence-corrected chi connectivity index (χ1v) is 7.75. The largest absolute Gasteiger partial charge is 0.490 e. The lowest BCUT2D eigenvalue weighted by molar-refractivity contribution is 0.210. The Labute approximate surface area is 130 Å². The van der Waals surface area contributed by atoms with Crippen LogP contribution in [0.25, 0.3) is 0 Å². The molecule has 2 atom stereocenters. The molecular formula is C18H20ClNO. The maximum absolute atomic E-state index is 6.28. The second-order valence-electron chi connectivity index (χ2n) is 5.85. The SMILES string of the molecule is Cc1ccc2c(c1)CC(CC(N)Cc1ccccc1Cl)O2. The molecule has 0 amide bonds. The van der Waals surface area contributed by atoms with E-state index in [-0.39, 0.29) is 12.1 Å². The van der Waals surface area contributed by atoms with Crippen LogP contribution in [0.2, 0.25) is 5.02 Å². The van der Waals surface area contributed by atoms with Crippen LogP contribution in [0.4, 0.5) is 0 Å². The van der Waals surface area contributed by atoms with E-state index in [1.54, 1.807) is 0 Å². The van der Waals surface area contributed by atoms with Gasteiger partial charge >= 0.3 is 0 Å². The molecule has 1 aliphatic heterocycles. The minimum absolute atomic E-state index is 0.0605. The van der Waals surface area contributed by atoms with Crippen LogP contribution in [0, 0.1) is 6.92 Å². The van der Waals surface area contributed by atoms with Crippen molar-refractivity contribution in [1.29, 1.82) is 0 Å². The van der Waals surface area contributed by atoms with Gasteiger partial charge in [-0.25, -0.2) is 0 Å². The molecule has 0 radical (unpaired) electrons. The van der Waals surface area contributed by atoms with Gasteiger partial charge in [0.15, 0.2) is 0 Å². The first kappa shape index (κ1) is 14.4. The molecule has 1 heterocycles. The zero-order valence-electron chi connectivity index (χ0n) is 12.2. The van der Waals surface area contributed by atoms with Gasteiger partial charge in [-0.15, -0.1) is 0 Å². The lowest BCUT2D eigenvalue weighted by Crippen LogP contribution is -2.30. The van der Waals surface area contributed by atoms with Crippen molar-refractivity contribution in [2.45, 2.75) is 38.3 Å². The minimum atomic E-state index is 0.0605. The smallest absolute Gasteiger partial charge is 0.123 e. The normalized spacial score (nSPS) is 18.1. The zero-order valence-corrected chi connectivity index (χ0v) is 12.9. The van der Waals surface area contributed by atoms with Crippen LogP contribution in [0.15, 0.2) is 42.5 Å². The van der Waals surface area contributed by atoms with Crippen molar-refractivity contribution in [3.05, 3.63) is 64.2 Å². The summed E-state index contributed by atoms with van der Waals surface area (Å²) >= 11 is 6.19. The number of ether oxygens (including phenoxy) is 1. The summed E-state index contributed by atoms with van der Waals surface area (Å²) in [4.78, 5) is 0. The monoisotopic (exact) mass is 301 g/mol. The molecule has 21 heavy (non-hydrogen) atoms. The van der Waals surface area contributed by atoms with Gasteiger partial charge in [-0.05, 0) is 36.6 Å². The highest BCUT2D eigenvalue weighted by molar-refractivity contribution is 6.31. The number of benzene rings is 2. The van der Waals surface area contributed by atoms with Crippen molar-refractivity contribution in [3.63, 3.8) is 0 Å². The van der Waals surface area contributed by atoms with Crippen LogP contribution in [0.1, 0.15) is 23.1 Å². The van der Waals surface area contributed by atoms with Crippen LogP contribution < -0.4 is 10.5 Å². The second kappa shape index (κ2) is 6.08. The van der Waals surface area contributed by atoms with Crippen LogP contribution in [-0.4, -0.2) is 12.1 Å². The van der Waals surface area contributed by atoms with E-state index >= 15 is 0 Å². The summed E-state index contributed by atoms with van der Waals surface area (Å²) in [6.45, 7) is 2.11. The number of aryl methyl sites for hydroxylation is 1. The fourth-order valence-electron chi connectivity index (χ4n) is 2.95. The van der Waals surface area contributed by atoms with Crippen LogP contribution in [-0.2, 0) is 12.8 Å². The van der Waals surface area contributed by atoms with Crippen molar-refractivity contribution in [2.75, 3.05) is 0 Å². The molecule has 3 heteroatoms. The van der Waals surface area contributed by atoms with E-state index in [0.717, 1.165) is 35.6 Å². The van der Waals surface area contributed by atoms with Crippen molar-refractivity contribution in [2.24, 2.45) is 5.73 Å². The molecule has 2 unspecified atom stereocenters. The molecule has 0 spiro atoms. The Morgan fingerprint density at radius 1 is 1.29 bits per heavy atom. The molecule has 1 aliphatic rings. The summed E-state index contributed by atoms with van der Waals surface area (Å²) in [5.74, 6) is 1.01. The number of fused-ring (bicyclic) bond motifs is 1. The van der Waals surface area contributed by atoms with Gasteiger partial charge in [-0.1, -0.05) is 47.5 Å². The molecule has 0 bridgehead atoms. The Morgan fingerprint density at radius 2 is 2.10 bits per heavy atom. The van der Waals surface area contributed by atoms with Gasteiger partial charge in [0.2, 0.25) is 0 Å². The molecule has 0 aromatic heterocycles. The van der Waals surface area contributed by atoms with Crippen molar-refractivity contribution < 1.29 is 4.74 Å². The highest BCUT2D eigenvalue weighted by atomic mass is 35.5. The van der Waals surface area contributed by atoms with E-state index in [4.69, 9.17) is 22.1 Å². The number of hydrogen-bond donors (Lipinski definition) is 1. The standard InChI is InChI=1S/C18H20ClNO/c1-12-6-7-18-14(8-12)10-16(21-18)11-15(20)9-13-4-2-3-5-17(13)19/h2-8,15-16H,9-11,20H2,1H3. The molecule has 2 aromatic carbocycles. The molecular weight excluding hydrogens is 282 g/mol. The van der Waals surface area contributed by atoms with Crippen LogP contribution in [0.5, 0.6) is 5.75 Å². The molecule has 0 saturated heterocycles. The highest BCUT2D eigenvalue weighted by Crippen LogP contribution is 2.31. The second-order valence-corrected chi connectivity index (χ2v) is 6.25. The lowest BCUT2D eigenvalue weighted by atomic mass is 9.98. The summed E-state index contributed by atoms with van der Waals surface area (Å²) in [7, 11) is 0. The summed E-state index contributed by atoms with van der Waals surface area (Å²) in [5.41, 5.74) is 9.96. The molecule has 110 valence electrons. The van der Waals surface area contributed by atoms with Gasteiger partial charge in [0.05, 0.1) is 0 Å². The van der Waals surface area contributed by atoms with Gasteiger partial charge in [-0.3, -0.25) is 0 Å². The fraction of sp³-hybridized carbons (Fsp3) is 0.333. The van der Waals surface area contributed by atoms with Gasteiger partial charge < -0.3 is 10.5 Å². The maximum atomic E-state index is 6.28. The molecule has 0 fully saturated rings. The Kier molecular flexibility index (Phi) is 4.18. The van der Waals surface area contributed by atoms with E-state index < -0.39 is 0 Å². The van der Waals surface area contributed by atoms with Crippen molar-refractivity contribution in [1.82, 2.24) is 0 Å². The summed E-state index contributed by atoms with van der Waals surface area (Å²) in [6, 6.07) is 14.3. The highest BCUT2D eigenvalue weighted by Gasteiger charge is 2.24. The first-order chi connectivity index (χ1) is 10.1. The van der Waals surface area contributed by atoms with Gasteiger partial charge in [-0.2, -0.15) is 0 Å². The van der Waals surface area contributed by atoms with E-state index in [0.29, 0.717) is 0 Å². The van der Waals surface area contributed by atoms with Crippen molar-refractivity contribution >= 4 is 11.6 Å². The summed E-state index contributed by atoms with van der Waals surface area (Å²) in [6.07, 6.45) is 2.76. The predicted molar refractivity (Wildman–Crippen MR) is 87.0 cm³/mol. The zero-order chi connectivity index (χ0) is 14.8. The van der Waals surface area contributed by atoms with E-state index in [1.807, 2.05) is 24.3 Å². The summed E-state index contributed by atoms with van der Waals surface area (Å²) < 4.78 is 5.99. The number of rotatable bonds is 4. The Bertz CT molecular complexity index is 641. The Balaban J connectivity index is 1.60. The quantitative estimate of drug-likeness (QED) is 0.929. The van der Waals surface area contributed by atoms with Gasteiger partial charge in [0.1, 0.15) is 11.9 Å². The third kappa shape index (κ3) is 3.39. The van der Waals surface area contributed by atoms with Crippen molar-refractivity contribution in [3.8, 4) is 5.75 Å².